The second-order valence-electron chi connectivity index (χ2n) is 3.67. The molecule has 2 aromatic rings. The predicted molar refractivity (Wildman–Crippen MR) is 55.4 cm³/mol. The molecule has 0 aliphatic rings. The molecule has 0 spiro atoms. The van der Waals surface area contributed by atoms with Crippen molar-refractivity contribution in [3.8, 4) is 5.82 Å². The zero-order chi connectivity index (χ0) is 10.8. The lowest BCUT2D eigenvalue weighted by atomic mass is 10.1. The van der Waals surface area contributed by atoms with Gasteiger partial charge in [-0.1, -0.05) is 13.8 Å². The second-order valence-corrected chi connectivity index (χ2v) is 3.67. The van der Waals surface area contributed by atoms with Gasteiger partial charge in [0, 0.05) is 6.20 Å². The molecule has 0 radical (unpaired) electrons. The molecule has 2 heterocycles. The topological polar surface area (TPSA) is 30.7 Å². The zero-order valence-electron chi connectivity index (χ0n) is 8.68. The fourth-order valence-corrected chi connectivity index (χ4v) is 1.28. The minimum Gasteiger partial charge on any atom is -0.234 e. The first-order valence-electron chi connectivity index (χ1n) is 4.84. The average molecular weight is 205 g/mol. The van der Waals surface area contributed by atoms with Crippen molar-refractivity contribution in [2.45, 2.75) is 19.8 Å². The van der Waals surface area contributed by atoms with Crippen LogP contribution in [0.3, 0.4) is 0 Å². The lowest BCUT2D eigenvalue weighted by molar-refractivity contribution is 0.618. The predicted octanol–water partition coefficient (Wildman–Crippen LogP) is 2.53. The van der Waals surface area contributed by atoms with Crippen molar-refractivity contribution in [1.29, 1.82) is 0 Å². The van der Waals surface area contributed by atoms with Gasteiger partial charge in [0.2, 0.25) is 0 Å². The maximum Gasteiger partial charge on any atom is 0.153 e. The van der Waals surface area contributed by atoms with E-state index in [-0.39, 0.29) is 5.82 Å². The van der Waals surface area contributed by atoms with Crippen molar-refractivity contribution in [2.24, 2.45) is 0 Å². The van der Waals surface area contributed by atoms with Crippen molar-refractivity contribution in [3.05, 3.63) is 42.1 Å². The summed E-state index contributed by atoms with van der Waals surface area (Å²) in [6.45, 7) is 4.15. The quantitative estimate of drug-likeness (QED) is 0.754. The minimum absolute atomic E-state index is 0.338. The number of hydrogen-bond acceptors (Lipinski definition) is 2. The number of aromatic nitrogens is 3. The fourth-order valence-electron chi connectivity index (χ4n) is 1.28. The van der Waals surface area contributed by atoms with E-state index in [9.17, 15) is 4.39 Å². The standard InChI is InChI=1S/C11H12FN3/c1-8(2)10-5-6-15(14-10)11-4-3-9(12)7-13-11/h3-8H,1-2H3. The highest BCUT2D eigenvalue weighted by Crippen LogP contribution is 2.12. The maximum absolute atomic E-state index is 12.6. The molecule has 3 nitrogen and oxygen atoms in total. The third kappa shape index (κ3) is 2.03. The summed E-state index contributed by atoms with van der Waals surface area (Å²) in [6.07, 6.45) is 3.02. The molecule has 4 heteroatoms. The van der Waals surface area contributed by atoms with Gasteiger partial charge in [-0.3, -0.25) is 0 Å². The Hall–Kier alpha value is -1.71. The molecule has 0 atom stereocenters. The third-order valence-electron chi connectivity index (χ3n) is 2.15. The zero-order valence-corrected chi connectivity index (χ0v) is 8.68. The number of rotatable bonds is 2. The van der Waals surface area contributed by atoms with Crippen LogP contribution in [0.15, 0.2) is 30.6 Å². The van der Waals surface area contributed by atoms with Crippen LogP contribution >= 0.6 is 0 Å². The van der Waals surface area contributed by atoms with Gasteiger partial charge in [-0.25, -0.2) is 14.1 Å². The van der Waals surface area contributed by atoms with Gasteiger partial charge in [0.15, 0.2) is 5.82 Å². The molecule has 2 rings (SSSR count). The highest BCUT2D eigenvalue weighted by Gasteiger charge is 2.05. The van der Waals surface area contributed by atoms with Crippen molar-refractivity contribution in [1.82, 2.24) is 14.8 Å². The molecule has 0 aliphatic heterocycles. The maximum atomic E-state index is 12.6. The van der Waals surface area contributed by atoms with Crippen LogP contribution in [0.4, 0.5) is 4.39 Å². The first kappa shape index (κ1) is 9.83. The molecule has 0 amide bonds. The Labute approximate surface area is 87.6 Å². The molecule has 0 saturated carbocycles. The van der Waals surface area contributed by atoms with Gasteiger partial charge >= 0.3 is 0 Å². The molecular weight excluding hydrogens is 193 g/mol. The van der Waals surface area contributed by atoms with E-state index in [0.29, 0.717) is 11.7 Å². The van der Waals surface area contributed by atoms with Crippen molar-refractivity contribution in [2.75, 3.05) is 0 Å². The minimum atomic E-state index is -0.338. The molecule has 78 valence electrons. The average Bonchev–Trinajstić information content (AvgIpc) is 2.68. The molecule has 0 aromatic carbocycles. The Morgan fingerprint density at radius 1 is 1.27 bits per heavy atom. The van der Waals surface area contributed by atoms with E-state index in [4.69, 9.17) is 0 Å². The summed E-state index contributed by atoms with van der Waals surface area (Å²) >= 11 is 0. The highest BCUT2D eigenvalue weighted by atomic mass is 19.1. The van der Waals surface area contributed by atoms with Crippen molar-refractivity contribution in [3.63, 3.8) is 0 Å². The Bertz CT molecular complexity index is 445. The van der Waals surface area contributed by atoms with Gasteiger partial charge in [-0.05, 0) is 24.1 Å². The fraction of sp³-hybridized carbons (Fsp3) is 0.273. The SMILES string of the molecule is CC(C)c1ccn(-c2ccc(F)cn2)n1. The first-order chi connectivity index (χ1) is 7.16. The largest absolute Gasteiger partial charge is 0.234 e. The van der Waals surface area contributed by atoms with Crippen LogP contribution < -0.4 is 0 Å². The lowest BCUT2D eigenvalue weighted by Gasteiger charge is -2.00. The normalized spacial score (nSPS) is 10.9. The van der Waals surface area contributed by atoms with Gasteiger partial charge in [0.05, 0.1) is 11.9 Å². The number of nitrogens with zero attached hydrogens (tertiary/aromatic N) is 3. The first-order valence-corrected chi connectivity index (χ1v) is 4.84. The van der Waals surface area contributed by atoms with E-state index in [0.717, 1.165) is 5.69 Å². The van der Waals surface area contributed by atoms with Crippen LogP contribution in [0.2, 0.25) is 0 Å². The van der Waals surface area contributed by atoms with Crippen LogP contribution in [0, 0.1) is 5.82 Å². The Morgan fingerprint density at radius 3 is 2.60 bits per heavy atom. The van der Waals surface area contributed by atoms with Crippen molar-refractivity contribution >= 4 is 0 Å². The van der Waals surface area contributed by atoms with E-state index in [1.54, 1.807) is 10.7 Å². The molecule has 0 aliphatic carbocycles. The summed E-state index contributed by atoms with van der Waals surface area (Å²) < 4.78 is 14.3. The lowest BCUT2D eigenvalue weighted by Crippen LogP contribution is -1.99. The van der Waals surface area contributed by atoms with E-state index in [1.165, 1.54) is 12.3 Å². The molecule has 0 unspecified atom stereocenters. The van der Waals surface area contributed by atoms with E-state index >= 15 is 0 Å². The van der Waals surface area contributed by atoms with E-state index in [2.05, 4.69) is 23.9 Å². The highest BCUT2D eigenvalue weighted by molar-refractivity contribution is 5.22. The monoisotopic (exact) mass is 205 g/mol. The molecule has 15 heavy (non-hydrogen) atoms. The summed E-state index contributed by atoms with van der Waals surface area (Å²) in [5.41, 5.74) is 1.00. The van der Waals surface area contributed by atoms with Gasteiger partial charge in [0.1, 0.15) is 5.82 Å². The van der Waals surface area contributed by atoms with Crippen LogP contribution in [-0.4, -0.2) is 14.8 Å². The molecule has 0 N–H and O–H groups in total. The molecule has 0 fully saturated rings. The molecule has 0 bridgehead atoms. The number of pyridine rings is 1. The Morgan fingerprint density at radius 2 is 2.07 bits per heavy atom. The van der Waals surface area contributed by atoms with Crippen LogP contribution in [-0.2, 0) is 0 Å². The second kappa shape index (κ2) is 3.81. The van der Waals surface area contributed by atoms with Crippen LogP contribution in [0.25, 0.3) is 5.82 Å². The summed E-state index contributed by atoms with van der Waals surface area (Å²) in [5.74, 6) is 0.671. The van der Waals surface area contributed by atoms with Crippen LogP contribution in [0.5, 0.6) is 0 Å². The van der Waals surface area contributed by atoms with E-state index in [1.807, 2.05) is 12.3 Å². The number of halogens is 1. The summed E-state index contributed by atoms with van der Waals surface area (Å²) in [6, 6.07) is 4.92. The van der Waals surface area contributed by atoms with E-state index < -0.39 is 0 Å². The number of hydrogen-bond donors (Lipinski definition) is 0. The smallest absolute Gasteiger partial charge is 0.153 e. The van der Waals surface area contributed by atoms with Gasteiger partial charge in [0.25, 0.3) is 0 Å². The molecule has 0 saturated heterocycles. The van der Waals surface area contributed by atoms with Crippen LogP contribution in [0.1, 0.15) is 25.5 Å². The van der Waals surface area contributed by atoms with Gasteiger partial charge in [-0.15, -0.1) is 0 Å². The van der Waals surface area contributed by atoms with Gasteiger partial charge < -0.3 is 0 Å². The van der Waals surface area contributed by atoms with Gasteiger partial charge in [-0.2, -0.15) is 5.10 Å². The third-order valence-corrected chi connectivity index (χ3v) is 2.15. The molecular formula is C11H12FN3. The summed E-state index contributed by atoms with van der Waals surface area (Å²) in [5, 5.41) is 4.34. The Balaban J connectivity index is 2.33. The summed E-state index contributed by atoms with van der Waals surface area (Å²) in [4.78, 5) is 3.95. The van der Waals surface area contributed by atoms with Crippen molar-refractivity contribution < 1.29 is 4.39 Å². The Kier molecular flexibility index (Phi) is 2.49. The molecule has 2 aromatic heterocycles. The summed E-state index contributed by atoms with van der Waals surface area (Å²) in [7, 11) is 0.